The van der Waals surface area contributed by atoms with Crippen LogP contribution < -0.4 is 6.15 Å². The molecule has 0 heterocycles. The molecule has 19 heteroatoms. The number of rotatable bonds is 24. The van der Waals surface area contributed by atoms with Gasteiger partial charge in [-0.05, 0) is 41.9 Å². The summed E-state index contributed by atoms with van der Waals surface area (Å²) in [7, 11) is -10.7. The molecule has 0 saturated heterocycles. The van der Waals surface area contributed by atoms with Crippen molar-refractivity contribution < 1.29 is 86.9 Å². The summed E-state index contributed by atoms with van der Waals surface area (Å²) in [5, 5.41) is 40.8. The number of ether oxygens (including phenoxy) is 2. The average molecular weight is 808 g/mol. The lowest BCUT2D eigenvalue weighted by Crippen LogP contribution is -2.64. The molecule has 0 aromatic heterocycles. The summed E-state index contributed by atoms with van der Waals surface area (Å²) in [6.45, 7) is 0.549. The van der Waals surface area contributed by atoms with Crippen molar-refractivity contribution in [1.82, 2.24) is 6.15 Å². The highest BCUT2D eigenvalue weighted by atomic mass is 31.2. The second-order valence-electron chi connectivity index (χ2n) is 12.0. The van der Waals surface area contributed by atoms with Gasteiger partial charge in [-0.3, -0.25) is 18.4 Å². The van der Waals surface area contributed by atoms with Crippen LogP contribution in [0.4, 0.5) is 0 Å². The van der Waals surface area contributed by atoms with Crippen molar-refractivity contribution in [3.63, 3.8) is 0 Å². The van der Waals surface area contributed by atoms with Crippen LogP contribution in [0.1, 0.15) is 107 Å². The van der Waals surface area contributed by atoms with E-state index in [4.69, 9.17) is 34.7 Å². The van der Waals surface area contributed by atoms with E-state index in [-0.39, 0.29) is 22.6 Å². The number of terminal acetylenes is 1. The molecule has 314 valence electrons. The minimum Gasteiger partial charge on any atom is -0.456 e. The molecule has 1 saturated carbocycles. The fraction of sp³-hybridized carbons (Fsp3) is 0.706. The van der Waals surface area contributed by atoms with E-state index in [2.05, 4.69) is 41.0 Å². The zero-order valence-electron chi connectivity index (χ0n) is 29.8. The molecular weight excluding hydrogens is 740 g/mol. The van der Waals surface area contributed by atoms with E-state index in [1.54, 1.807) is 0 Å². The van der Waals surface area contributed by atoms with Gasteiger partial charge in [-0.2, -0.15) is 0 Å². The molecule has 53 heavy (non-hydrogen) atoms. The number of phosphoric ester groups is 2. The molecule has 0 spiro atoms. The first kappa shape index (κ1) is 50.2. The Balaban J connectivity index is -0.000000563. The topological polar surface area (TPSA) is 291 Å². The fourth-order valence-electron chi connectivity index (χ4n) is 5.02. The van der Waals surface area contributed by atoms with Gasteiger partial charge in [0.1, 0.15) is 43.2 Å². The smallest absolute Gasteiger partial charge is 0.456 e. The molecule has 0 radical (unpaired) electrons. The predicted octanol–water partition coefficient (Wildman–Crippen LogP) is 3.89. The summed E-state index contributed by atoms with van der Waals surface area (Å²) in [5.41, 5.74) is 0. The number of phosphoric acid groups is 2. The molecular formula is C34H67NO16P2. The van der Waals surface area contributed by atoms with Gasteiger partial charge in [-0.1, -0.05) is 84.0 Å². The molecule has 17 nitrogen and oxygen atoms in total. The first-order valence-electron chi connectivity index (χ1n) is 17.1. The quantitative estimate of drug-likeness (QED) is 0.0226. The monoisotopic (exact) mass is 807 g/mol. The zero-order valence-corrected chi connectivity index (χ0v) is 31.6. The maximum absolute atomic E-state index is 12.8. The summed E-state index contributed by atoms with van der Waals surface area (Å²) in [6.07, 6.45) is 4.03. The van der Waals surface area contributed by atoms with E-state index in [1.165, 1.54) is 44.9 Å². The number of hydrogen-bond donors (Lipinski definition) is 8. The molecule has 1 fully saturated rings. The van der Waals surface area contributed by atoms with Crippen LogP contribution in [0.5, 0.6) is 0 Å². The van der Waals surface area contributed by atoms with E-state index in [9.17, 15) is 44.0 Å². The number of aliphatic hydroxyl groups is 4. The van der Waals surface area contributed by atoms with Gasteiger partial charge in [0, 0.05) is 22.3 Å². The van der Waals surface area contributed by atoms with Gasteiger partial charge in [0.05, 0.1) is 6.61 Å². The van der Waals surface area contributed by atoms with E-state index in [0.717, 1.165) is 32.1 Å². The lowest BCUT2D eigenvalue weighted by atomic mass is 9.85. The summed E-state index contributed by atoms with van der Waals surface area (Å²) in [4.78, 5) is 53.1. The van der Waals surface area contributed by atoms with E-state index < -0.39 is 83.5 Å². The molecule has 0 aromatic carbocycles. The van der Waals surface area contributed by atoms with Gasteiger partial charge in [0.2, 0.25) is 0 Å². The van der Waals surface area contributed by atoms with Crippen LogP contribution >= 0.6 is 15.6 Å². The van der Waals surface area contributed by atoms with Gasteiger partial charge in [0.15, 0.2) is 6.10 Å². The van der Waals surface area contributed by atoms with Crippen LogP contribution in [0, 0.1) is 47.9 Å². The molecule has 0 amide bonds. The molecule has 0 aliphatic heterocycles. The molecule has 8 atom stereocenters. The SMILES string of the molecule is C#CC#CC#CC#CC(=O)OC[C@H](COP(=O)(O)OC1C(O)[C@@H](O)C(O)[C@@H](OP(=O)(O)O)[C@H]1O)OC(=O)CCCCCCCCCCCCCCC.N.[HH].[HH].[HH].[HH].[HH].[HH].[HH]. The number of carbonyl (C=O) groups excluding carboxylic acids is 2. The number of hydrogen-bond acceptors (Lipinski definition) is 14. The van der Waals surface area contributed by atoms with Crippen LogP contribution in [0.2, 0.25) is 0 Å². The third-order valence-corrected chi connectivity index (χ3v) is 9.16. The Bertz CT molecular complexity index is 1460. The van der Waals surface area contributed by atoms with Crippen LogP contribution in [0.3, 0.4) is 0 Å². The van der Waals surface area contributed by atoms with Crippen molar-refractivity contribution in [2.75, 3.05) is 13.2 Å². The largest absolute Gasteiger partial charge is 0.472 e. The third-order valence-electron chi connectivity index (χ3n) is 7.65. The van der Waals surface area contributed by atoms with Crippen molar-refractivity contribution in [2.45, 2.75) is 140 Å². The Morgan fingerprint density at radius 1 is 0.698 bits per heavy atom. The number of aliphatic hydroxyl groups excluding tert-OH is 4. The molecule has 10 N–H and O–H groups in total. The van der Waals surface area contributed by atoms with Crippen molar-refractivity contribution >= 4 is 27.6 Å². The van der Waals surface area contributed by atoms with Crippen molar-refractivity contribution in [3.05, 3.63) is 0 Å². The van der Waals surface area contributed by atoms with Crippen molar-refractivity contribution in [1.29, 1.82) is 0 Å². The molecule has 1 rings (SSSR count). The summed E-state index contributed by atoms with van der Waals surface area (Å²) < 4.78 is 48.2. The minimum atomic E-state index is -5.38. The normalized spacial score (nSPS) is 22.4. The summed E-state index contributed by atoms with van der Waals surface area (Å²) in [5.74, 6) is 13.4. The van der Waals surface area contributed by atoms with Crippen LogP contribution in [-0.2, 0) is 41.8 Å². The first-order valence-corrected chi connectivity index (χ1v) is 20.1. The highest BCUT2D eigenvalue weighted by molar-refractivity contribution is 7.47. The highest BCUT2D eigenvalue weighted by Gasteiger charge is 2.54. The maximum Gasteiger partial charge on any atom is 0.472 e. The van der Waals surface area contributed by atoms with Crippen LogP contribution in [0.25, 0.3) is 0 Å². The second kappa shape index (κ2) is 27.7. The standard InChI is InChI=1S/C34H50O16P2.H3N.7H2/c1-3-5-7-9-11-12-13-14-15-16-17-19-21-23-28(36)48-26(24-46-27(35)22-20-18-10-8-6-4-2)25-47-52(44,45)50-34-31(39)29(37)30(38)33(32(34)40)49-51(41,42)43;;;;;;;;/h2,26,29-34,37-40H,3,5,7,9,11-17,19,21,23-25H2,1H3,(H,44,45)(H2,41,42,43);1H3;7*1H/t26-,29+,30?,31?,32-,33-,34?;;;;;;;;/m1......../s1. The minimum absolute atomic E-state index is 0. The van der Waals surface area contributed by atoms with E-state index >= 15 is 0 Å². The second-order valence-corrected chi connectivity index (χ2v) is 14.6. The Morgan fingerprint density at radius 3 is 1.72 bits per heavy atom. The maximum atomic E-state index is 12.8. The summed E-state index contributed by atoms with van der Waals surface area (Å²) in [6, 6.07) is 0. The predicted molar refractivity (Wildman–Crippen MR) is 205 cm³/mol. The van der Waals surface area contributed by atoms with E-state index in [1.807, 2.05) is 11.8 Å². The van der Waals surface area contributed by atoms with Gasteiger partial charge in [0.25, 0.3) is 0 Å². The van der Waals surface area contributed by atoms with Crippen LogP contribution in [0.15, 0.2) is 0 Å². The van der Waals surface area contributed by atoms with Gasteiger partial charge in [-0.15, -0.1) is 6.42 Å². The third kappa shape index (κ3) is 22.9. The van der Waals surface area contributed by atoms with Crippen molar-refractivity contribution in [3.8, 4) is 47.9 Å². The average Bonchev–Trinajstić information content (AvgIpc) is 3.08. The van der Waals surface area contributed by atoms with Crippen LogP contribution in [-0.4, -0.2) is 103 Å². The highest BCUT2D eigenvalue weighted by Crippen LogP contribution is 2.49. The molecule has 4 unspecified atom stereocenters. The lowest BCUT2D eigenvalue weighted by molar-refractivity contribution is -0.216. The summed E-state index contributed by atoms with van der Waals surface area (Å²) >= 11 is 0. The molecule has 1 aliphatic rings. The van der Waals surface area contributed by atoms with Gasteiger partial charge >= 0.3 is 27.6 Å². The Kier molecular flexibility index (Phi) is 26.3. The number of unbranched alkanes of at least 4 members (excludes halogenated alkanes) is 12. The van der Waals surface area contributed by atoms with Gasteiger partial charge < -0.3 is 50.7 Å². The Labute approximate surface area is 321 Å². The Hall–Kier alpha value is -2.80. The number of esters is 2. The van der Waals surface area contributed by atoms with Gasteiger partial charge in [-0.25, -0.2) is 13.9 Å². The fourth-order valence-corrected chi connectivity index (χ4v) is 6.56. The molecule has 1 aliphatic carbocycles. The first-order chi connectivity index (χ1) is 24.6. The molecule has 0 bridgehead atoms. The lowest BCUT2D eigenvalue weighted by Gasteiger charge is -2.43. The Morgan fingerprint density at radius 2 is 1.19 bits per heavy atom. The number of carbonyl (C=O) groups is 2. The van der Waals surface area contributed by atoms with Crippen molar-refractivity contribution in [2.24, 2.45) is 0 Å². The van der Waals surface area contributed by atoms with E-state index in [0.29, 0.717) is 6.42 Å². The molecule has 0 aromatic rings. The zero-order chi connectivity index (χ0) is 39.0.